The summed E-state index contributed by atoms with van der Waals surface area (Å²) in [4.78, 5) is 12.2. The zero-order valence-electron chi connectivity index (χ0n) is 12.9. The highest BCUT2D eigenvalue weighted by molar-refractivity contribution is 7.08. The minimum Gasteiger partial charge on any atom is -0.488 e. The number of carbonyl (C=O) groups is 1. The Labute approximate surface area is 134 Å². The molecule has 3 nitrogen and oxygen atoms in total. The van der Waals surface area contributed by atoms with Crippen LogP contribution in [-0.4, -0.2) is 18.6 Å². The van der Waals surface area contributed by atoms with Crippen LogP contribution < -0.4 is 10.1 Å². The van der Waals surface area contributed by atoms with E-state index in [-0.39, 0.29) is 29.7 Å². The van der Waals surface area contributed by atoms with Crippen LogP contribution in [0.25, 0.3) is 0 Å². The molecule has 1 heterocycles. The van der Waals surface area contributed by atoms with Gasteiger partial charge in [-0.05, 0) is 29.0 Å². The molecule has 0 fully saturated rings. The van der Waals surface area contributed by atoms with Crippen molar-refractivity contribution in [3.8, 4) is 5.75 Å². The normalized spacial score (nSPS) is 12.7. The second-order valence-electron chi connectivity index (χ2n) is 6.15. The van der Waals surface area contributed by atoms with Crippen LogP contribution in [0.5, 0.6) is 5.75 Å². The van der Waals surface area contributed by atoms with Crippen LogP contribution in [0.3, 0.4) is 0 Å². The van der Waals surface area contributed by atoms with E-state index in [2.05, 4.69) is 5.32 Å². The van der Waals surface area contributed by atoms with E-state index in [0.29, 0.717) is 5.56 Å². The summed E-state index contributed by atoms with van der Waals surface area (Å²) < 4.78 is 19.2. The van der Waals surface area contributed by atoms with Gasteiger partial charge in [-0.25, -0.2) is 4.39 Å². The van der Waals surface area contributed by atoms with Crippen molar-refractivity contribution in [1.29, 1.82) is 0 Å². The zero-order valence-corrected chi connectivity index (χ0v) is 13.7. The molecule has 2 rings (SSSR count). The van der Waals surface area contributed by atoms with Crippen LogP contribution in [-0.2, 0) is 0 Å². The van der Waals surface area contributed by atoms with Gasteiger partial charge in [-0.2, -0.15) is 11.3 Å². The molecule has 1 aromatic heterocycles. The Bertz CT molecular complexity index is 620. The third-order valence-electron chi connectivity index (χ3n) is 3.38. The molecule has 1 atom stereocenters. The number of thiophene rings is 1. The van der Waals surface area contributed by atoms with Crippen molar-refractivity contribution < 1.29 is 13.9 Å². The Morgan fingerprint density at radius 2 is 2.05 bits per heavy atom. The van der Waals surface area contributed by atoms with Crippen molar-refractivity contribution in [3.63, 3.8) is 0 Å². The van der Waals surface area contributed by atoms with Crippen molar-refractivity contribution in [3.05, 3.63) is 52.5 Å². The first-order chi connectivity index (χ1) is 10.4. The fourth-order valence-corrected chi connectivity index (χ4v) is 2.51. The van der Waals surface area contributed by atoms with Gasteiger partial charge >= 0.3 is 0 Å². The fourth-order valence-electron chi connectivity index (χ4n) is 1.88. The maximum Gasteiger partial charge on any atom is 0.252 e. The number of benzene rings is 1. The Morgan fingerprint density at radius 3 is 2.64 bits per heavy atom. The number of hydrogen-bond donors (Lipinski definition) is 1. The van der Waals surface area contributed by atoms with Crippen LogP contribution in [0.4, 0.5) is 4.39 Å². The van der Waals surface area contributed by atoms with Crippen LogP contribution in [0.1, 0.15) is 31.1 Å². The number of para-hydroxylation sites is 1. The van der Waals surface area contributed by atoms with Crippen molar-refractivity contribution >= 4 is 17.2 Å². The quantitative estimate of drug-likeness (QED) is 0.900. The smallest absolute Gasteiger partial charge is 0.252 e. The highest BCUT2D eigenvalue weighted by Gasteiger charge is 2.27. The fraction of sp³-hybridized carbons (Fsp3) is 0.353. The van der Waals surface area contributed by atoms with Gasteiger partial charge in [-0.15, -0.1) is 0 Å². The summed E-state index contributed by atoms with van der Waals surface area (Å²) in [6, 6.07) is 7.80. The van der Waals surface area contributed by atoms with Crippen LogP contribution in [0.15, 0.2) is 41.1 Å². The molecule has 118 valence electrons. The minimum absolute atomic E-state index is 0.140. The summed E-state index contributed by atoms with van der Waals surface area (Å²) in [6.07, 6.45) is 0. The van der Waals surface area contributed by atoms with Gasteiger partial charge in [0.1, 0.15) is 6.61 Å². The van der Waals surface area contributed by atoms with E-state index in [4.69, 9.17) is 4.74 Å². The van der Waals surface area contributed by atoms with Gasteiger partial charge in [0.05, 0.1) is 6.04 Å². The number of ether oxygens (including phenoxy) is 1. The lowest BCUT2D eigenvalue weighted by atomic mass is 9.87. The molecule has 0 aliphatic carbocycles. The van der Waals surface area contributed by atoms with Crippen LogP contribution in [0.2, 0.25) is 0 Å². The summed E-state index contributed by atoms with van der Waals surface area (Å²) in [6.45, 7) is 6.24. The summed E-state index contributed by atoms with van der Waals surface area (Å²) in [7, 11) is 0. The molecule has 0 radical (unpaired) electrons. The molecule has 1 aromatic carbocycles. The molecular formula is C17H20FNO2S. The Balaban J connectivity index is 2.04. The number of rotatable bonds is 5. The second-order valence-corrected chi connectivity index (χ2v) is 6.93. The predicted molar refractivity (Wildman–Crippen MR) is 86.9 cm³/mol. The van der Waals surface area contributed by atoms with Crippen LogP contribution >= 0.6 is 11.3 Å². The molecular weight excluding hydrogens is 301 g/mol. The van der Waals surface area contributed by atoms with Crippen molar-refractivity contribution in [1.82, 2.24) is 5.32 Å². The minimum atomic E-state index is -0.403. The van der Waals surface area contributed by atoms with E-state index >= 15 is 0 Å². The van der Waals surface area contributed by atoms with Crippen LogP contribution in [0, 0.1) is 11.2 Å². The molecule has 0 saturated heterocycles. The predicted octanol–water partition coefficient (Wildman–Crippen LogP) is 4.11. The third kappa shape index (κ3) is 4.31. The SMILES string of the molecule is CC(C)(C)C(COc1ccccc1F)NC(=O)c1ccsc1. The largest absolute Gasteiger partial charge is 0.488 e. The van der Waals surface area contributed by atoms with Crippen molar-refractivity contribution in [2.75, 3.05) is 6.61 Å². The molecule has 2 aromatic rings. The second kappa shape index (κ2) is 6.92. The van der Waals surface area contributed by atoms with Gasteiger partial charge in [0, 0.05) is 10.9 Å². The first kappa shape index (κ1) is 16.5. The standard InChI is InChI=1S/C17H20FNO2S/c1-17(2,3)15(19-16(20)12-8-9-22-11-12)10-21-14-7-5-4-6-13(14)18/h4-9,11,15H,10H2,1-3H3,(H,19,20). The number of carbonyl (C=O) groups excluding carboxylic acids is 1. The lowest BCUT2D eigenvalue weighted by Crippen LogP contribution is -2.47. The van der Waals surface area contributed by atoms with Gasteiger partial charge < -0.3 is 10.1 Å². The monoisotopic (exact) mass is 321 g/mol. The average Bonchev–Trinajstić information content (AvgIpc) is 2.97. The molecule has 0 saturated carbocycles. The van der Waals surface area contributed by atoms with Gasteiger partial charge in [-0.3, -0.25) is 4.79 Å². The van der Waals surface area contributed by atoms with E-state index in [9.17, 15) is 9.18 Å². The van der Waals surface area contributed by atoms with E-state index < -0.39 is 5.82 Å². The van der Waals surface area contributed by atoms with E-state index in [1.54, 1.807) is 29.6 Å². The third-order valence-corrected chi connectivity index (χ3v) is 4.06. The summed E-state index contributed by atoms with van der Waals surface area (Å²) in [5.41, 5.74) is 0.418. The molecule has 0 spiro atoms. The number of amides is 1. The Hall–Kier alpha value is -1.88. The Morgan fingerprint density at radius 1 is 1.32 bits per heavy atom. The van der Waals surface area contributed by atoms with Gasteiger partial charge in [0.2, 0.25) is 0 Å². The molecule has 1 N–H and O–H groups in total. The average molecular weight is 321 g/mol. The van der Waals surface area contributed by atoms with Gasteiger partial charge in [0.15, 0.2) is 11.6 Å². The summed E-state index contributed by atoms with van der Waals surface area (Å²) in [5.74, 6) is -0.348. The molecule has 22 heavy (non-hydrogen) atoms. The van der Waals surface area contributed by atoms with E-state index in [0.717, 1.165) is 0 Å². The zero-order chi connectivity index (χ0) is 16.2. The first-order valence-electron chi connectivity index (χ1n) is 7.08. The molecule has 0 aliphatic heterocycles. The van der Waals surface area contributed by atoms with Gasteiger partial charge in [0.25, 0.3) is 5.91 Å². The van der Waals surface area contributed by atoms with E-state index in [1.807, 2.05) is 26.2 Å². The summed E-state index contributed by atoms with van der Waals surface area (Å²) >= 11 is 1.47. The lowest BCUT2D eigenvalue weighted by molar-refractivity contribution is 0.0861. The number of hydrogen-bond acceptors (Lipinski definition) is 3. The highest BCUT2D eigenvalue weighted by atomic mass is 32.1. The maximum atomic E-state index is 13.6. The number of nitrogens with one attached hydrogen (secondary N) is 1. The molecule has 0 bridgehead atoms. The first-order valence-corrected chi connectivity index (χ1v) is 8.02. The Kier molecular flexibility index (Phi) is 5.19. The summed E-state index contributed by atoms with van der Waals surface area (Å²) in [5, 5.41) is 6.63. The molecule has 1 unspecified atom stereocenters. The highest BCUT2D eigenvalue weighted by Crippen LogP contribution is 2.22. The lowest BCUT2D eigenvalue weighted by Gasteiger charge is -2.31. The molecule has 5 heteroatoms. The molecule has 1 amide bonds. The maximum absolute atomic E-state index is 13.6. The topological polar surface area (TPSA) is 38.3 Å². The van der Waals surface area contributed by atoms with Crippen molar-refractivity contribution in [2.24, 2.45) is 5.41 Å². The molecule has 0 aliphatic rings. The van der Waals surface area contributed by atoms with Crippen molar-refractivity contribution in [2.45, 2.75) is 26.8 Å². The van der Waals surface area contributed by atoms with Gasteiger partial charge in [-0.1, -0.05) is 32.9 Å². The van der Waals surface area contributed by atoms with E-state index in [1.165, 1.54) is 17.4 Å². The number of halogens is 1.